The largest absolute Gasteiger partial charge is 0.497 e. The summed E-state index contributed by atoms with van der Waals surface area (Å²) in [7, 11) is 2.03. The van der Waals surface area contributed by atoms with E-state index in [4.69, 9.17) is 4.74 Å². The Kier molecular flexibility index (Phi) is 4.52. The predicted octanol–water partition coefficient (Wildman–Crippen LogP) is 1.66. The average Bonchev–Trinajstić information content (AvgIpc) is 3.29. The lowest BCUT2D eigenvalue weighted by molar-refractivity contribution is 0.261. The maximum atomic E-state index is 13.2. The zero-order valence-corrected chi connectivity index (χ0v) is 17.0. The van der Waals surface area contributed by atoms with Gasteiger partial charge >= 0.3 is 0 Å². The number of hydrogen-bond donors (Lipinski definition) is 0. The Hall–Kier alpha value is -1.90. The molecule has 2 aliphatic heterocycles. The molecule has 0 spiro atoms. The minimum absolute atomic E-state index is 0.219. The molecule has 4 rings (SSSR count). The molecule has 0 saturated carbocycles. The van der Waals surface area contributed by atoms with Crippen LogP contribution in [0.1, 0.15) is 17.3 Å². The fourth-order valence-electron chi connectivity index (χ4n) is 4.59. The second kappa shape index (κ2) is 6.61. The maximum absolute atomic E-state index is 13.2. The first kappa shape index (κ1) is 18.5. The number of methoxy groups -OCH3 is 1. The lowest BCUT2D eigenvalue weighted by Gasteiger charge is -2.26. The van der Waals surface area contributed by atoms with Crippen molar-refractivity contribution in [3.05, 3.63) is 41.7 Å². The van der Waals surface area contributed by atoms with Crippen molar-refractivity contribution in [1.82, 2.24) is 19.0 Å². The van der Waals surface area contributed by atoms with E-state index in [1.54, 1.807) is 30.1 Å². The van der Waals surface area contributed by atoms with Crippen LogP contribution in [0, 0.1) is 18.8 Å². The Balaban J connectivity index is 1.60. The molecule has 0 N–H and O–H groups in total. The van der Waals surface area contributed by atoms with Crippen molar-refractivity contribution >= 4 is 10.0 Å². The third kappa shape index (κ3) is 2.96. The number of benzene rings is 1. The number of ether oxygens (including phenoxy) is 1. The van der Waals surface area contributed by atoms with E-state index in [2.05, 4.69) is 29.2 Å². The molecule has 3 heterocycles. The van der Waals surface area contributed by atoms with E-state index < -0.39 is 10.0 Å². The van der Waals surface area contributed by atoms with E-state index >= 15 is 0 Å². The lowest BCUT2D eigenvalue weighted by atomic mass is 9.89. The first-order chi connectivity index (χ1) is 12.8. The zero-order chi connectivity index (χ0) is 19.3. The Morgan fingerprint density at radius 3 is 2.41 bits per heavy atom. The molecule has 8 heteroatoms. The van der Waals surface area contributed by atoms with Crippen LogP contribution in [0.2, 0.25) is 0 Å². The van der Waals surface area contributed by atoms with Crippen LogP contribution < -0.4 is 4.74 Å². The standard InChI is InChI=1S/C19H26N4O3S/c1-13-18(9-20-22(13)3)27(24,25)23-11-15-10-21(2)19(17(15)12-23)14-5-7-16(26-4)8-6-14/h5-9,15,17,19H,10-12H2,1-4H3/t15-,17+,19-/m0/s1. The van der Waals surface area contributed by atoms with Crippen LogP contribution in [0.4, 0.5) is 0 Å². The Labute approximate surface area is 160 Å². The number of nitrogens with zero attached hydrogens (tertiary/aromatic N) is 4. The minimum atomic E-state index is -3.51. The first-order valence-electron chi connectivity index (χ1n) is 9.16. The number of aryl methyl sites for hydroxylation is 1. The van der Waals surface area contributed by atoms with Gasteiger partial charge in [-0.2, -0.15) is 9.40 Å². The Morgan fingerprint density at radius 2 is 1.81 bits per heavy atom. The number of aromatic nitrogens is 2. The molecule has 1 aromatic carbocycles. The van der Waals surface area contributed by atoms with E-state index in [0.29, 0.717) is 29.6 Å². The van der Waals surface area contributed by atoms with Crippen LogP contribution in [0.5, 0.6) is 5.75 Å². The molecule has 2 aliphatic rings. The van der Waals surface area contributed by atoms with Crippen molar-refractivity contribution in [2.75, 3.05) is 33.8 Å². The van der Waals surface area contributed by atoms with Gasteiger partial charge in [0.2, 0.25) is 10.0 Å². The van der Waals surface area contributed by atoms with Crippen LogP contribution in [0.15, 0.2) is 35.4 Å². The SMILES string of the molecule is COc1ccc([C@H]2[C@@H]3CN(S(=O)(=O)c4cnn(C)c4C)C[C@@H]3CN2C)cc1. The third-order valence-corrected chi connectivity index (χ3v) is 8.06. The summed E-state index contributed by atoms with van der Waals surface area (Å²) in [5.41, 5.74) is 1.89. The molecule has 0 radical (unpaired) electrons. The average molecular weight is 391 g/mol. The summed E-state index contributed by atoms with van der Waals surface area (Å²) < 4.78 is 34.8. The zero-order valence-electron chi connectivity index (χ0n) is 16.2. The van der Waals surface area contributed by atoms with Crippen molar-refractivity contribution < 1.29 is 13.2 Å². The predicted molar refractivity (Wildman–Crippen MR) is 102 cm³/mol. The molecule has 1 aromatic heterocycles. The summed E-state index contributed by atoms with van der Waals surface area (Å²) in [5, 5.41) is 4.11. The number of fused-ring (bicyclic) bond motifs is 1. The topological polar surface area (TPSA) is 67.7 Å². The lowest BCUT2D eigenvalue weighted by Crippen LogP contribution is -2.33. The van der Waals surface area contributed by atoms with Gasteiger partial charge in [-0.05, 0) is 43.5 Å². The molecule has 3 atom stereocenters. The molecule has 2 aromatic rings. The molecule has 0 amide bonds. The summed E-state index contributed by atoms with van der Waals surface area (Å²) in [6.45, 7) is 3.81. The van der Waals surface area contributed by atoms with Crippen molar-refractivity contribution in [2.24, 2.45) is 18.9 Å². The number of rotatable bonds is 4. The summed E-state index contributed by atoms with van der Waals surface area (Å²) in [6.07, 6.45) is 1.46. The summed E-state index contributed by atoms with van der Waals surface area (Å²) in [6, 6.07) is 8.34. The van der Waals surface area contributed by atoms with Crippen molar-refractivity contribution in [2.45, 2.75) is 17.9 Å². The van der Waals surface area contributed by atoms with Crippen LogP contribution in [-0.2, 0) is 17.1 Å². The molecule has 146 valence electrons. The molecule has 0 bridgehead atoms. The molecular formula is C19H26N4O3S. The smallest absolute Gasteiger partial charge is 0.246 e. The third-order valence-electron chi connectivity index (χ3n) is 6.13. The highest BCUT2D eigenvalue weighted by Gasteiger charge is 2.49. The monoisotopic (exact) mass is 390 g/mol. The van der Waals surface area contributed by atoms with E-state index in [-0.39, 0.29) is 12.0 Å². The second-order valence-electron chi connectivity index (χ2n) is 7.62. The number of likely N-dealkylation sites (tertiary alicyclic amines) is 1. The summed E-state index contributed by atoms with van der Waals surface area (Å²) in [5.74, 6) is 1.46. The van der Waals surface area contributed by atoms with Crippen molar-refractivity contribution in [3.8, 4) is 5.75 Å². The van der Waals surface area contributed by atoms with Crippen molar-refractivity contribution in [3.63, 3.8) is 0 Å². The van der Waals surface area contributed by atoms with Crippen LogP contribution in [-0.4, -0.2) is 61.2 Å². The van der Waals surface area contributed by atoms with E-state index in [9.17, 15) is 8.42 Å². The maximum Gasteiger partial charge on any atom is 0.246 e. The summed E-state index contributed by atoms with van der Waals surface area (Å²) in [4.78, 5) is 2.66. The van der Waals surface area contributed by atoms with Gasteiger partial charge in [0.1, 0.15) is 10.6 Å². The first-order valence-corrected chi connectivity index (χ1v) is 10.6. The normalized spacial score (nSPS) is 26.4. The molecule has 2 fully saturated rings. The Bertz CT molecular complexity index is 938. The number of sulfonamides is 1. The highest BCUT2D eigenvalue weighted by Crippen LogP contribution is 2.45. The molecule has 27 heavy (non-hydrogen) atoms. The van der Waals surface area contributed by atoms with Gasteiger partial charge in [0, 0.05) is 32.7 Å². The minimum Gasteiger partial charge on any atom is -0.497 e. The quantitative estimate of drug-likeness (QED) is 0.794. The van der Waals surface area contributed by atoms with E-state index in [1.807, 2.05) is 12.1 Å². The van der Waals surface area contributed by atoms with Crippen LogP contribution in [0.3, 0.4) is 0 Å². The van der Waals surface area contributed by atoms with E-state index in [0.717, 1.165) is 12.3 Å². The number of hydrogen-bond acceptors (Lipinski definition) is 5. The van der Waals surface area contributed by atoms with Gasteiger partial charge in [0.15, 0.2) is 0 Å². The molecule has 0 aliphatic carbocycles. The summed E-state index contributed by atoms with van der Waals surface area (Å²) >= 11 is 0. The molecule has 7 nitrogen and oxygen atoms in total. The van der Waals surface area contributed by atoms with Gasteiger partial charge in [-0.25, -0.2) is 8.42 Å². The highest BCUT2D eigenvalue weighted by atomic mass is 32.2. The van der Waals surface area contributed by atoms with Crippen molar-refractivity contribution in [1.29, 1.82) is 0 Å². The highest BCUT2D eigenvalue weighted by molar-refractivity contribution is 7.89. The van der Waals surface area contributed by atoms with Crippen LogP contribution >= 0.6 is 0 Å². The van der Waals surface area contributed by atoms with Gasteiger partial charge in [-0.15, -0.1) is 0 Å². The van der Waals surface area contributed by atoms with Gasteiger partial charge in [0.05, 0.1) is 19.0 Å². The van der Waals surface area contributed by atoms with Crippen LogP contribution in [0.25, 0.3) is 0 Å². The molecule has 2 saturated heterocycles. The van der Waals surface area contributed by atoms with Gasteiger partial charge in [-0.1, -0.05) is 12.1 Å². The van der Waals surface area contributed by atoms with E-state index in [1.165, 1.54) is 11.8 Å². The fraction of sp³-hybridized carbons (Fsp3) is 0.526. The molecular weight excluding hydrogens is 364 g/mol. The Morgan fingerprint density at radius 1 is 1.11 bits per heavy atom. The molecule has 0 unspecified atom stereocenters. The van der Waals surface area contributed by atoms with Gasteiger partial charge in [-0.3, -0.25) is 9.58 Å². The van der Waals surface area contributed by atoms with Gasteiger partial charge in [0.25, 0.3) is 0 Å². The second-order valence-corrected chi connectivity index (χ2v) is 9.53. The fourth-order valence-corrected chi connectivity index (χ4v) is 6.31. The van der Waals surface area contributed by atoms with Gasteiger partial charge < -0.3 is 4.74 Å².